The smallest absolute Gasteiger partial charge is 0.311 e. The van der Waals surface area contributed by atoms with Crippen LogP contribution in [-0.2, 0) is 20.9 Å². The molecule has 0 aliphatic carbocycles. The van der Waals surface area contributed by atoms with Crippen molar-refractivity contribution in [2.45, 2.75) is 13.0 Å². The van der Waals surface area contributed by atoms with Crippen LogP contribution in [0.2, 0.25) is 0 Å². The summed E-state index contributed by atoms with van der Waals surface area (Å²) in [6.45, 7) is 3.77. The van der Waals surface area contributed by atoms with E-state index >= 15 is 0 Å². The molecular formula is C19H24N2O5. The maximum absolute atomic E-state index is 12.9. The van der Waals surface area contributed by atoms with Gasteiger partial charge in [0, 0.05) is 44.3 Å². The lowest BCUT2D eigenvalue weighted by atomic mass is 9.74. The number of benzene rings is 1. The first-order valence-electron chi connectivity index (χ1n) is 9.10. The molecule has 140 valence electrons. The number of para-hydroxylation sites is 1. The van der Waals surface area contributed by atoms with Crippen LogP contribution < -0.4 is 4.74 Å². The molecule has 4 rings (SSSR count). The molecule has 0 unspecified atom stereocenters. The summed E-state index contributed by atoms with van der Waals surface area (Å²) in [7, 11) is 0. The first-order chi connectivity index (χ1) is 12.6. The standard InChI is InChI=1S/C19H24N2O5/c22-17(11-20-6-8-26-16-4-2-1-3-14(16)9-20)21-10-15-12-25-7-5-19(15,13-21)18(23)24/h1-4,15H,5-13H2,(H,23,24)/t15-,19+/m1/s1. The van der Waals surface area contributed by atoms with Crippen LogP contribution in [0.4, 0.5) is 0 Å². The molecule has 2 saturated heterocycles. The summed E-state index contributed by atoms with van der Waals surface area (Å²) in [6, 6.07) is 7.87. The number of carbonyl (C=O) groups excluding carboxylic acids is 1. The van der Waals surface area contributed by atoms with Crippen molar-refractivity contribution in [2.75, 3.05) is 46.0 Å². The van der Waals surface area contributed by atoms with Crippen LogP contribution in [-0.4, -0.2) is 72.8 Å². The minimum absolute atomic E-state index is 0.0144. The van der Waals surface area contributed by atoms with E-state index < -0.39 is 11.4 Å². The monoisotopic (exact) mass is 360 g/mol. The van der Waals surface area contributed by atoms with Crippen molar-refractivity contribution in [3.63, 3.8) is 0 Å². The number of rotatable bonds is 3. The number of ether oxygens (including phenoxy) is 2. The van der Waals surface area contributed by atoms with Gasteiger partial charge in [0.05, 0.1) is 18.6 Å². The highest BCUT2D eigenvalue weighted by molar-refractivity contribution is 5.82. The molecule has 1 aromatic carbocycles. The fourth-order valence-corrected chi connectivity index (χ4v) is 4.30. The Morgan fingerprint density at radius 2 is 2.12 bits per heavy atom. The van der Waals surface area contributed by atoms with Gasteiger partial charge in [-0.25, -0.2) is 0 Å². The fourth-order valence-electron chi connectivity index (χ4n) is 4.30. The van der Waals surface area contributed by atoms with Gasteiger partial charge in [0.2, 0.25) is 5.91 Å². The van der Waals surface area contributed by atoms with Crippen molar-refractivity contribution >= 4 is 11.9 Å². The summed E-state index contributed by atoms with van der Waals surface area (Å²) in [4.78, 5) is 28.5. The average Bonchev–Trinajstić information content (AvgIpc) is 2.93. The lowest BCUT2D eigenvalue weighted by Crippen LogP contribution is -2.45. The molecule has 2 fully saturated rings. The Morgan fingerprint density at radius 3 is 2.92 bits per heavy atom. The van der Waals surface area contributed by atoms with E-state index in [0.29, 0.717) is 45.9 Å². The molecule has 0 saturated carbocycles. The Kier molecular flexibility index (Phi) is 4.58. The van der Waals surface area contributed by atoms with Crippen molar-refractivity contribution in [2.24, 2.45) is 11.3 Å². The van der Waals surface area contributed by atoms with Crippen molar-refractivity contribution < 1.29 is 24.2 Å². The molecule has 3 heterocycles. The van der Waals surface area contributed by atoms with Gasteiger partial charge in [0.1, 0.15) is 12.4 Å². The maximum Gasteiger partial charge on any atom is 0.311 e. The van der Waals surface area contributed by atoms with E-state index in [0.717, 1.165) is 11.3 Å². The molecule has 1 amide bonds. The molecular weight excluding hydrogens is 336 g/mol. The van der Waals surface area contributed by atoms with Crippen LogP contribution in [0.3, 0.4) is 0 Å². The molecule has 7 heteroatoms. The Labute approximate surface area is 152 Å². The predicted octanol–water partition coefficient (Wildman–Crippen LogP) is 0.831. The third-order valence-corrected chi connectivity index (χ3v) is 5.88. The molecule has 26 heavy (non-hydrogen) atoms. The fraction of sp³-hybridized carbons (Fsp3) is 0.579. The van der Waals surface area contributed by atoms with E-state index in [2.05, 4.69) is 4.90 Å². The second-order valence-corrected chi connectivity index (χ2v) is 7.42. The lowest BCUT2D eigenvalue weighted by molar-refractivity contribution is -0.157. The molecule has 0 bridgehead atoms. The number of aliphatic carboxylic acids is 1. The molecule has 1 N–H and O–H groups in total. The van der Waals surface area contributed by atoms with Crippen molar-refractivity contribution in [1.29, 1.82) is 0 Å². The Bertz CT molecular complexity index is 709. The van der Waals surface area contributed by atoms with E-state index in [9.17, 15) is 14.7 Å². The number of amides is 1. The van der Waals surface area contributed by atoms with Gasteiger partial charge in [-0.1, -0.05) is 18.2 Å². The first kappa shape index (κ1) is 17.3. The largest absolute Gasteiger partial charge is 0.492 e. The molecule has 3 aliphatic rings. The summed E-state index contributed by atoms with van der Waals surface area (Å²) >= 11 is 0. The first-order valence-corrected chi connectivity index (χ1v) is 9.10. The zero-order chi connectivity index (χ0) is 18.1. The van der Waals surface area contributed by atoms with Gasteiger partial charge in [0.25, 0.3) is 0 Å². The number of fused-ring (bicyclic) bond motifs is 2. The van der Waals surface area contributed by atoms with Gasteiger partial charge in [-0.05, 0) is 12.5 Å². The van der Waals surface area contributed by atoms with Crippen LogP contribution in [0.5, 0.6) is 5.75 Å². The highest BCUT2D eigenvalue weighted by atomic mass is 16.5. The quantitative estimate of drug-likeness (QED) is 0.860. The zero-order valence-electron chi connectivity index (χ0n) is 14.7. The Balaban J connectivity index is 1.43. The maximum atomic E-state index is 12.9. The Hall–Kier alpha value is -2.12. The molecule has 0 aromatic heterocycles. The van der Waals surface area contributed by atoms with Gasteiger partial charge >= 0.3 is 5.97 Å². The van der Waals surface area contributed by atoms with Gasteiger partial charge < -0.3 is 19.5 Å². The highest BCUT2D eigenvalue weighted by Crippen LogP contribution is 2.42. The number of carboxylic acid groups (broad SMARTS) is 1. The van der Waals surface area contributed by atoms with Crippen molar-refractivity contribution in [3.05, 3.63) is 29.8 Å². The Morgan fingerprint density at radius 1 is 1.27 bits per heavy atom. The van der Waals surface area contributed by atoms with Crippen molar-refractivity contribution in [1.82, 2.24) is 9.80 Å². The minimum Gasteiger partial charge on any atom is -0.492 e. The minimum atomic E-state index is -0.845. The SMILES string of the molecule is O=C(CN1CCOc2ccccc2C1)N1C[C@@H]2COCC[C@]2(C(=O)O)C1. The third kappa shape index (κ3) is 3.05. The number of carboxylic acids is 1. The van der Waals surface area contributed by atoms with E-state index in [1.165, 1.54) is 0 Å². The van der Waals surface area contributed by atoms with E-state index in [1.54, 1.807) is 4.90 Å². The van der Waals surface area contributed by atoms with E-state index in [-0.39, 0.29) is 24.9 Å². The second kappa shape index (κ2) is 6.89. The molecule has 3 aliphatic heterocycles. The molecule has 0 radical (unpaired) electrons. The third-order valence-electron chi connectivity index (χ3n) is 5.88. The molecule has 2 atom stereocenters. The van der Waals surface area contributed by atoms with E-state index in [4.69, 9.17) is 9.47 Å². The van der Waals surface area contributed by atoms with Crippen molar-refractivity contribution in [3.8, 4) is 5.75 Å². The summed E-state index contributed by atoms with van der Waals surface area (Å²) in [6.07, 6.45) is 0.474. The van der Waals surface area contributed by atoms with Crippen LogP contribution >= 0.6 is 0 Å². The van der Waals surface area contributed by atoms with Crippen LogP contribution in [0, 0.1) is 11.3 Å². The van der Waals surface area contributed by atoms with Gasteiger partial charge in [-0.15, -0.1) is 0 Å². The van der Waals surface area contributed by atoms with E-state index in [1.807, 2.05) is 24.3 Å². The number of carbonyl (C=O) groups is 2. The van der Waals surface area contributed by atoms with Gasteiger partial charge in [-0.3, -0.25) is 14.5 Å². The zero-order valence-corrected chi connectivity index (χ0v) is 14.7. The molecule has 7 nitrogen and oxygen atoms in total. The summed E-state index contributed by atoms with van der Waals surface area (Å²) in [5, 5.41) is 9.75. The topological polar surface area (TPSA) is 79.3 Å². The lowest BCUT2D eigenvalue weighted by Gasteiger charge is -2.33. The normalized spacial score (nSPS) is 28.6. The number of likely N-dealkylation sites (tertiary alicyclic amines) is 1. The average molecular weight is 360 g/mol. The number of nitrogens with zero attached hydrogens (tertiary/aromatic N) is 2. The predicted molar refractivity (Wildman–Crippen MR) is 92.8 cm³/mol. The van der Waals surface area contributed by atoms with Gasteiger partial charge in [-0.2, -0.15) is 0 Å². The second-order valence-electron chi connectivity index (χ2n) is 7.42. The summed E-state index contributed by atoms with van der Waals surface area (Å²) in [5.74, 6) is -0.0693. The van der Waals surface area contributed by atoms with Crippen LogP contribution in [0.15, 0.2) is 24.3 Å². The molecule has 1 aromatic rings. The van der Waals surface area contributed by atoms with Crippen LogP contribution in [0.25, 0.3) is 0 Å². The molecule has 0 spiro atoms. The van der Waals surface area contributed by atoms with Crippen LogP contribution in [0.1, 0.15) is 12.0 Å². The number of hydrogen-bond donors (Lipinski definition) is 1. The van der Waals surface area contributed by atoms with Gasteiger partial charge in [0.15, 0.2) is 0 Å². The number of hydrogen-bond acceptors (Lipinski definition) is 5. The summed E-state index contributed by atoms with van der Waals surface area (Å²) < 4.78 is 11.2. The highest BCUT2D eigenvalue weighted by Gasteiger charge is 2.54. The summed E-state index contributed by atoms with van der Waals surface area (Å²) in [5.41, 5.74) is 0.228.